The van der Waals surface area contributed by atoms with Gasteiger partial charge in [0.25, 0.3) is 0 Å². The Kier molecular flexibility index (Phi) is 7.49. The predicted molar refractivity (Wildman–Crippen MR) is 93.0 cm³/mol. The summed E-state index contributed by atoms with van der Waals surface area (Å²) < 4.78 is 18.1. The number of para-hydroxylation sites is 1. The van der Waals surface area contributed by atoms with Gasteiger partial charge in [0.05, 0.1) is 17.4 Å². The third-order valence-electron chi connectivity index (χ3n) is 3.36. The first-order chi connectivity index (χ1) is 12.6. The molecule has 0 aliphatic carbocycles. The quantitative estimate of drug-likeness (QED) is 0.463. The van der Waals surface area contributed by atoms with Crippen LogP contribution in [0.25, 0.3) is 0 Å². The van der Waals surface area contributed by atoms with Crippen molar-refractivity contribution in [2.45, 2.75) is 12.5 Å². The monoisotopic (exact) mass is 358 g/mol. The van der Waals surface area contributed by atoms with Gasteiger partial charge in [0.15, 0.2) is 0 Å². The SMILES string of the molecule is N#Cc1ccccc1OC[C@@H](O)CNCCC(=O)Nc1ccc(F)nc1. The van der Waals surface area contributed by atoms with E-state index in [1.165, 1.54) is 12.3 Å². The van der Waals surface area contributed by atoms with Crippen molar-refractivity contribution in [1.29, 1.82) is 5.26 Å². The number of aliphatic hydroxyl groups excluding tert-OH is 1. The van der Waals surface area contributed by atoms with Crippen LogP contribution in [-0.4, -0.2) is 41.8 Å². The molecule has 0 aliphatic heterocycles. The Morgan fingerprint density at radius 2 is 2.15 bits per heavy atom. The van der Waals surface area contributed by atoms with Crippen LogP contribution in [0.3, 0.4) is 0 Å². The number of ether oxygens (including phenoxy) is 1. The minimum atomic E-state index is -0.786. The Hall–Kier alpha value is -3.02. The van der Waals surface area contributed by atoms with Gasteiger partial charge in [-0.05, 0) is 24.3 Å². The van der Waals surface area contributed by atoms with Crippen LogP contribution in [0.15, 0.2) is 42.6 Å². The highest BCUT2D eigenvalue weighted by molar-refractivity contribution is 5.90. The van der Waals surface area contributed by atoms with E-state index in [0.717, 1.165) is 6.07 Å². The number of aliphatic hydroxyl groups is 1. The van der Waals surface area contributed by atoms with Gasteiger partial charge in [0.1, 0.15) is 24.5 Å². The van der Waals surface area contributed by atoms with E-state index in [0.29, 0.717) is 23.5 Å². The van der Waals surface area contributed by atoms with Crippen LogP contribution in [0.1, 0.15) is 12.0 Å². The second-order valence-corrected chi connectivity index (χ2v) is 5.44. The van der Waals surface area contributed by atoms with Gasteiger partial charge in [-0.25, -0.2) is 4.98 Å². The Bertz CT molecular complexity index is 762. The summed E-state index contributed by atoms with van der Waals surface area (Å²) in [5.74, 6) is -0.445. The molecule has 0 unspecified atom stereocenters. The third-order valence-corrected chi connectivity index (χ3v) is 3.36. The van der Waals surface area contributed by atoms with Crippen LogP contribution in [0, 0.1) is 17.3 Å². The molecule has 2 aromatic rings. The van der Waals surface area contributed by atoms with Gasteiger partial charge in [0.2, 0.25) is 11.9 Å². The molecular formula is C18H19FN4O3. The Morgan fingerprint density at radius 3 is 2.88 bits per heavy atom. The van der Waals surface area contributed by atoms with Gasteiger partial charge in [-0.1, -0.05) is 12.1 Å². The highest BCUT2D eigenvalue weighted by atomic mass is 19.1. The Morgan fingerprint density at radius 1 is 1.35 bits per heavy atom. The van der Waals surface area contributed by atoms with Gasteiger partial charge >= 0.3 is 0 Å². The van der Waals surface area contributed by atoms with Gasteiger partial charge in [-0.3, -0.25) is 4.79 Å². The van der Waals surface area contributed by atoms with Gasteiger partial charge in [-0.15, -0.1) is 0 Å². The van der Waals surface area contributed by atoms with Crippen LogP contribution in [-0.2, 0) is 4.79 Å². The lowest BCUT2D eigenvalue weighted by atomic mass is 10.2. The first-order valence-electron chi connectivity index (χ1n) is 8.00. The number of hydrogen-bond donors (Lipinski definition) is 3. The smallest absolute Gasteiger partial charge is 0.225 e. The maximum Gasteiger partial charge on any atom is 0.225 e. The molecule has 0 radical (unpaired) electrons. The molecular weight excluding hydrogens is 339 g/mol. The van der Waals surface area contributed by atoms with Crippen LogP contribution in [0.5, 0.6) is 5.75 Å². The molecule has 0 aliphatic rings. The maximum absolute atomic E-state index is 12.7. The number of carbonyl (C=O) groups is 1. The first kappa shape index (κ1) is 19.3. The van der Waals surface area contributed by atoms with Crippen LogP contribution in [0.2, 0.25) is 0 Å². The molecule has 3 N–H and O–H groups in total. The van der Waals surface area contributed by atoms with Crippen molar-refractivity contribution in [3.8, 4) is 11.8 Å². The number of amides is 1. The molecule has 2 rings (SSSR count). The molecule has 0 saturated heterocycles. The number of rotatable bonds is 9. The van der Waals surface area contributed by atoms with E-state index in [2.05, 4.69) is 15.6 Å². The number of carbonyl (C=O) groups excluding carboxylic acids is 1. The summed E-state index contributed by atoms with van der Waals surface area (Å²) in [6.07, 6.45) is 0.634. The number of pyridine rings is 1. The summed E-state index contributed by atoms with van der Waals surface area (Å²) in [6, 6.07) is 11.4. The molecule has 0 saturated carbocycles. The summed E-state index contributed by atoms with van der Waals surface area (Å²) in [4.78, 5) is 15.2. The summed E-state index contributed by atoms with van der Waals surface area (Å²) in [7, 11) is 0. The lowest BCUT2D eigenvalue weighted by molar-refractivity contribution is -0.116. The summed E-state index contributed by atoms with van der Waals surface area (Å²) in [5, 5.41) is 24.4. The largest absolute Gasteiger partial charge is 0.489 e. The normalized spacial score (nSPS) is 11.4. The van der Waals surface area contributed by atoms with E-state index in [1.54, 1.807) is 24.3 Å². The highest BCUT2D eigenvalue weighted by Crippen LogP contribution is 2.16. The van der Waals surface area contributed by atoms with Crippen LogP contribution in [0.4, 0.5) is 10.1 Å². The number of nitriles is 1. The van der Waals surface area contributed by atoms with E-state index in [9.17, 15) is 14.3 Å². The average molecular weight is 358 g/mol. The average Bonchev–Trinajstić information content (AvgIpc) is 2.65. The van der Waals surface area contributed by atoms with Crippen LogP contribution < -0.4 is 15.4 Å². The number of anilines is 1. The molecule has 26 heavy (non-hydrogen) atoms. The minimum absolute atomic E-state index is 0.0269. The second-order valence-electron chi connectivity index (χ2n) is 5.44. The zero-order valence-electron chi connectivity index (χ0n) is 14.0. The molecule has 7 nitrogen and oxygen atoms in total. The number of nitrogens with one attached hydrogen (secondary N) is 2. The molecule has 0 bridgehead atoms. The maximum atomic E-state index is 12.7. The zero-order valence-corrected chi connectivity index (χ0v) is 14.0. The number of hydrogen-bond acceptors (Lipinski definition) is 6. The van der Waals surface area contributed by atoms with E-state index in [-0.39, 0.29) is 25.5 Å². The summed E-state index contributed by atoms with van der Waals surface area (Å²) >= 11 is 0. The highest BCUT2D eigenvalue weighted by Gasteiger charge is 2.08. The Balaban J connectivity index is 1.62. The lowest BCUT2D eigenvalue weighted by Gasteiger charge is -2.14. The van der Waals surface area contributed by atoms with Crippen molar-refractivity contribution in [3.05, 3.63) is 54.1 Å². The minimum Gasteiger partial charge on any atom is -0.489 e. The molecule has 1 amide bonds. The zero-order chi connectivity index (χ0) is 18.8. The number of nitrogens with zero attached hydrogens (tertiary/aromatic N) is 2. The number of halogens is 1. The van der Waals surface area contributed by atoms with E-state index < -0.39 is 12.1 Å². The van der Waals surface area contributed by atoms with E-state index in [4.69, 9.17) is 10.00 Å². The summed E-state index contributed by atoms with van der Waals surface area (Å²) in [6.45, 7) is 0.617. The fourth-order valence-electron chi connectivity index (χ4n) is 2.07. The number of aromatic nitrogens is 1. The summed E-state index contributed by atoms with van der Waals surface area (Å²) in [5.41, 5.74) is 0.820. The van der Waals surface area contributed by atoms with Crippen molar-refractivity contribution in [1.82, 2.24) is 10.3 Å². The molecule has 0 spiro atoms. The molecule has 1 atom stereocenters. The van der Waals surface area contributed by atoms with E-state index >= 15 is 0 Å². The van der Waals surface area contributed by atoms with Gasteiger partial charge < -0.3 is 20.5 Å². The molecule has 1 aromatic carbocycles. The fourth-order valence-corrected chi connectivity index (χ4v) is 2.07. The number of benzene rings is 1. The van der Waals surface area contributed by atoms with Crippen molar-refractivity contribution < 1.29 is 19.0 Å². The second kappa shape index (κ2) is 10.1. The molecule has 0 fully saturated rings. The first-order valence-corrected chi connectivity index (χ1v) is 8.00. The fraction of sp³-hybridized carbons (Fsp3) is 0.278. The lowest BCUT2D eigenvalue weighted by Crippen LogP contribution is -2.33. The Labute approximate surface area is 150 Å². The van der Waals surface area contributed by atoms with Crippen molar-refractivity contribution in [2.24, 2.45) is 0 Å². The molecule has 136 valence electrons. The molecule has 1 heterocycles. The van der Waals surface area contributed by atoms with Gasteiger partial charge in [0, 0.05) is 19.5 Å². The van der Waals surface area contributed by atoms with Crippen molar-refractivity contribution >= 4 is 11.6 Å². The van der Waals surface area contributed by atoms with Crippen LogP contribution >= 0.6 is 0 Å². The van der Waals surface area contributed by atoms with E-state index in [1.807, 2.05) is 6.07 Å². The topological polar surface area (TPSA) is 107 Å². The molecule has 1 aromatic heterocycles. The third kappa shape index (κ3) is 6.47. The predicted octanol–water partition coefficient (Wildman–Crippen LogP) is 1.45. The standard InChI is InChI=1S/C18H19FN4O3/c19-17-6-5-14(10-22-17)23-18(25)7-8-21-11-15(24)12-26-16-4-2-1-3-13(16)9-20/h1-6,10,15,21,24H,7-8,11-12H2,(H,23,25)/t15-/m0/s1. The van der Waals surface area contributed by atoms with Gasteiger partial charge in [-0.2, -0.15) is 9.65 Å². The van der Waals surface area contributed by atoms with Crippen molar-refractivity contribution in [3.63, 3.8) is 0 Å². The molecule has 8 heteroatoms. The van der Waals surface area contributed by atoms with Crippen molar-refractivity contribution in [2.75, 3.05) is 25.0 Å².